The molecule has 20 heavy (non-hydrogen) atoms. The molecule has 0 aliphatic heterocycles. The number of hydrogen-bond acceptors (Lipinski definition) is 0. The molecule has 0 aliphatic rings. The average Bonchev–Trinajstić information content (AvgIpc) is 2.48. The first kappa shape index (κ1) is 14.8. The highest BCUT2D eigenvalue weighted by molar-refractivity contribution is 5.23. The summed E-state index contributed by atoms with van der Waals surface area (Å²) in [6.45, 7) is 7.00. The van der Waals surface area contributed by atoms with Crippen molar-refractivity contribution in [3.05, 3.63) is 71.8 Å². The van der Waals surface area contributed by atoms with E-state index >= 15 is 0 Å². The maximum Gasteiger partial charge on any atom is -0.0154 e. The van der Waals surface area contributed by atoms with Gasteiger partial charge in [-0.05, 0) is 41.7 Å². The van der Waals surface area contributed by atoms with Crippen LogP contribution in [0.5, 0.6) is 0 Å². The maximum absolute atomic E-state index is 2.35. The molecule has 0 aromatic heterocycles. The summed E-state index contributed by atoms with van der Waals surface area (Å²) in [5, 5.41) is 0. The van der Waals surface area contributed by atoms with Gasteiger partial charge in [-0.15, -0.1) is 0 Å². The van der Waals surface area contributed by atoms with Gasteiger partial charge in [-0.25, -0.2) is 0 Å². The van der Waals surface area contributed by atoms with Gasteiger partial charge in [0.1, 0.15) is 0 Å². The van der Waals surface area contributed by atoms with E-state index in [0.29, 0.717) is 11.8 Å². The van der Waals surface area contributed by atoms with Crippen molar-refractivity contribution in [3.63, 3.8) is 0 Å². The second-order valence-electron chi connectivity index (χ2n) is 6.28. The summed E-state index contributed by atoms with van der Waals surface area (Å²) in [6, 6.07) is 21.9. The molecule has 0 heterocycles. The summed E-state index contributed by atoms with van der Waals surface area (Å²) >= 11 is 0. The van der Waals surface area contributed by atoms with Gasteiger partial charge in [0.05, 0.1) is 0 Å². The fourth-order valence-electron chi connectivity index (χ4n) is 3.01. The Morgan fingerprint density at radius 3 is 1.65 bits per heavy atom. The predicted molar refractivity (Wildman–Crippen MR) is 88.1 cm³/mol. The predicted octanol–water partition coefficient (Wildman–Crippen LogP) is 6.01. The second kappa shape index (κ2) is 7.28. The molecule has 0 saturated carbocycles. The van der Waals surface area contributed by atoms with Crippen LogP contribution >= 0.6 is 0 Å². The largest absolute Gasteiger partial charge is 0.0628 e. The van der Waals surface area contributed by atoms with Crippen molar-refractivity contribution >= 4 is 0 Å². The average molecular weight is 266 g/mol. The number of benzene rings is 2. The Kier molecular flexibility index (Phi) is 5.40. The zero-order valence-electron chi connectivity index (χ0n) is 12.9. The van der Waals surface area contributed by atoms with Crippen LogP contribution in [0.2, 0.25) is 0 Å². The van der Waals surface area contributed by atoms with Crippen molar-refractivity contribution in [2.45, 2.75) is 45.4 Å². The smallest absolute Gasteiger partial charge is 0.0154 e. The van der Waals surface area contributed by atoms with Crippen LogP contribution in [0, 0.1) is 5.92 Å². The molecule has 2 rings (SSSR count). The van der Waals surface area contributed by atoms with E-state index in [-0.39, 0.29) is 0 Å². The van der Waals surface area contributed by atoms with Crippen LogP contribution in [-0.4, -0.2) is 0 Å². The summed E-state index contributed by atoms with van der Waals surface area (Å²) in [5.74, 6) is 2.01. The molecular formula is C20H26. The zero-order valence-corrected chi connectivity index (χ0v) is 12.9. The Morgan fingerprint density at radius 2 is 1.15 bits per heavy atom. The van der Waals surface area contributed by atoms with Gasteiger partial charge in [0.25, 0.3) is 0 Å². The summed E-state index contributed by atoms with van der Waals surface area (Å²) < 4.78 is 0. The third-order valence-electron chi connectivity index (χ3n) is 4.03. The standard InChI is InChI=1S/C20H26/c1-16(2)14-20(19-12-8-5-9-13-19)15-17(3)18-10-6-4-7-11-18/h4-13,16-17,20H,14-15H2,1-3H3. The van der Waals surface area contributed by atoms with Crippen LogP contribution in [0.4, 0.5) is 0 Å². The minimum Gasteiger partial charge on any atom is -0.0628 e. The molecule has 0 amide bonds. The Labute approximate surface area is 123 Å². The molecule has 0 radical (unpaired) electrons. The van der Waals surface area contributed by atoms with Crippen LogP contribution in [0.15, 0.2) is 60.7 Å². The lowest BCUT2D eigenvalue weighted by molar-refractivity contribution is 0.452. The van der Waals surface area contributed by atoms with Gasteiger partial charge in [0.2, 0.25) is 0 Å². The number of hydrogen-bond donors (Lipinski definition) is 0. The van der Waals surface area contributed by atoms with Crippen LogP contribution < -0.4 is 0 Å². The van der Waals surface area contributed by atoms with Crippen LogP contribution in [0.25, 0.3) is 0 Å². The minimum absolute atomic E-state index is 0.611. The van der Waals surface area contributed by atoms with Crippen LogP contribution in [0.3, 0.4) is 0 Å². The normalized spacial score (nSPS) is 14.2. The van der Waals surface area contributed by atoms with Crippen molar-refractivity contribution in [1.29, 1.82) is 0 Å². The van der Waals surface area contributed by atoms with E-state index in [9.17, 15) is 0 Å². The molecule has 0 heteroatoms. The van der Waals surface area contributed by atoms with Gasteiger partial charge in [0, 0.05) is 0 Å². The third-order valence-corrected chi connectivity index (χ3v) is 4.03. The van der Waals surface area contributed by atoms with Gasteiger partial charge in [-0.2, -0.15) is 0 Å². The van der Waals surface area contributed by atoms with Crippen molar-refractivity contribution in [1.82, 2.24) is 0 Å². The first-order chi connectivity index (χ1) is 9.66. The van der Waals surface area contributed by atoms with E-state index in [1.165, 1.54) is 24.0 Å². The highest BCUT2D eigenvalue weighted by Gasteiger charge is 2.17. The first-order valence-electron chi connectivity index (χ1n) is 7.76. The molecule has 0 nitrogen and oxygen atoms in total. The molecule has 0 bridgehead atoms. The number of rotatable bonds is 6. The van der Waals surface area contributed by atoms with Crippen LogP contribution in [-0.2, 0) is 0 Å². The van der Waals surface area contributed by atoms with Gasteiger partial charge in [-0.3, -0.25) is 0 Å². The summed E-state index contributed by atoms with van der Waals surface area (Å²) in [7, 11) is 0. The molecule has 0 spiro atoms. The lowest BCUT2D eigenvalue weighted by Crippen LogP contribution is -2.07. The summed E-state index contributed by atoms with van der Waals surface area (Å²) in [5.41, 5.74) is 2.95. The van der Waals surface area contributed by atoms with Crippen molar-refractivity contribution in [3.8, 4) is 0 Å². The molecule has 2 unspecified atom stereocenters. The highest BCUT2D eigenvalue weighted by Crippen LogP contribution is 2.33. The van der Waals surface area contributed by atoms with Gasteiger partial charge >= 0.3 is 0 Å². The third kappa shape index (κ3) is 4.23. The first-order valence-corrected chi connectivity index (χ1v) is 7.76. The van der Waals surface area contributed by atoms with Gasteiger partial charge < -0.3 is 0 Å². The van der Waals surface area contributed by atoms with E-state index < -0.39 is 0 Å². The molecule has 106 valence electrons. The fourth-order valence-corrected chi connectivity index (χ4v) is 3.01. The highest BCUT2D eigenvalue weighted by atomic mass is 14.2. The van der Waals surface area contributed by atoms with Crippen molar-refractivity contribution in [2.24, 2.45) is 5.92 Å². The lowest BCUT2D eigenvalue weighted by atomic mass is 9.82. The molecule has 0 N–H and O–H groups in total. The van der Waals surface area contributed by atoms with E-state index in [4.69, 9.17) is 0 Å². The molecule has 0 fully saturated rings. The molecule has 2 aromatic carbocycles. The minimum atomic E-state index is 0.611. The quantitative estimate of drug-likeness (QED) is 0.600. The van der Waals surface area contributed by atoms with E-state index in [0.717, 1.165) is 5.92 Å². The Balaban J connectivity index is 2.12. The lowest BCUT2D eigenvalue weighted by Gasteiger charge is -2.23. The SMILES string of the molecule is CC(C)CC(CC(C)c1ccccc1)c1ccccc1. The van der Waals surface area contributed by atoms with Crippen molar-refractivity contribution in [2.75, 3.05) is 0 Å². The van der Waals surface area contributed by atoms with Crippen molar-refractivity contribution < 1.29 is 0 Å². The van der Waals surface area contributed by atoms with E-state index in [1.807, 2.05) is 0 Å². The monoisotopic (exact) mass is 266 g/mol. The maximum atomic E-state index is 2.35. The molecule has 2 aromatic rings. The van der Waals surface area contributed by atoms with E-state index in [1.54, 1.807) is 0 Å². The fraction of sp³-hybridized carbons (Fsp3) is 0.400. The Bertz CT molecular complexity index is 484. The van der Waals surface area contributed by atoms with Gasteiger partial charge in [0.15, 0.2) is 0 Å². The molecule has 0 saturated heterocycles. The summed E-state index contributed by atoms with van der Waals surface area (Å²) in [4.78, 5) is 0. The van der Waals surface area contributed by atoms with Gasteiger partial charge in [-0.1, -0.05) is 81.4 Å². The summed E-state index contributed by atoms with van der Waals surface area (Å²) in [6.07, 6.45) is 2.49. The Hall–Kier alpha value is -1.56. The molecule has 0 aliphatic carbocycles. The topological polar surface area (TPSA) is 0 Å². The zero-order chi connectivity index (χ0) is 14.4. The van der Waals surface area contributed by atoms with E-state index in [2.05, 4.69) is 81.4 Å². The van der Waals surface area contributed by atoms with Crippen LogP contribution in [0.1, 0.15) is 56.6 Å². The second-order valence-corrected chi connectivity index (χ2v) is 6.28. The molecule has 2 atom stereocenters. The molecular weight excluding hydrogens is 240 g/mol. The Morgan fingerprint density at radius 1 is 0.650 bits per heavy atom.